The van der Waals surface area contributed by atoms with Crippen molar-refractivity contribution in [3.05, 3.63) is 42.4 Å². The maximum absolute atomic E-state index is 9.68. The predicted molar refractivity (Wildman–Crippen MR) is 79.9 cm³/mol. The molecule has 5 heteroatoms. The maximum Gasteiger partial charge on any atom is 0.226 e. The molecule has 0 aliphatic carbocycles. The molecule has 0 fully saturated rings. The molecule has 2 heterocycles. The van der Waals surface area contributed by atoms with Crippen molar-refractivity contribution >= 4 is 28.3 Å². The Kier molecular flexibility index (Phi) is 4.58. The van der Waals surface area contributed by atoms with Crippen molar-refractivity contribution in [2.24, 2.45) is 0 Å². The van der Waals surface area contributed by atoms with Crippen molar-refractivity contribution < 1.29 is 9.21 Å². The first-order valence-corrected chi connectivity index (χ1v) is 6.68. The molecule has 4 nitrogen and oxygen atoms in total. The highest BCUT2D eigenvalue weighted by atomic mass is 35.5. The Hall–Kier alpha value is -2.07. The molecule has 1 N–H and O–H groups in total. The van der Waals surface area contributed by atoms with Gasteiger partial charge in [-0.2, -0.15) is 0 Å². The fourth-order valence-electron chi connectivity index (χ4n) is 1.67. The first kappa shape index (κ1) is 14.3. The van der Waals surface area contributed by atoms with Crippen molar-refractivity contribution in [3.8, 4) is 11.5 Å². The van der Waals surface area contributed by atoms with E-state index in [1.807, 2.05) is 31.3 Å². The van der Waals surface area contributed by atoms with Gasteiger partial charge < -0.3 is 9.40 Å². The number of halogens is 1. The number of H-pyrrole nitrogens is 1. The SMILES string of the molecule is CC(=O)CCl.Cc1coc(-c2ccc3[nH]ccc3c2)n1. The summed E-state index contributed by atoms with van der Waals surface area (Å²) >= 11 is 4.99. The zero-order valence-corrected chi connectivity index (χ0v) is 12.1. The fraction of sp³-hybridized carbons (Fsp3) is 0.200. The predicted octanol–water partition coefficient (Wildman–Crippen LogP) is 3.95. The van der Waals surface area contributed by atoms with E-state index >= 15 is 0 Å². The van der Waals surface area contributed by atoms with Gasteiger partial charge in [0.15, 0.2) is 0 Å². The van der Waals surface area contributed by atoms with E-state index in [0.29, 0.717) is 5.89 Å². The molecular weight excluding hydrogens is 276 g/mol. The number of fused-ring (bicyclic) bond motifs is 1. The van der Waals surface area contributed by atoms with Crippen molar-refractivity contribution in [1.29, 1.82) is 0 Å². The van der Waals surface area contributed by atoms with Gasteiger partial charge in [0.1, 0.15) is 12.0 Å². The van der Waals surface area contributed by atoms with Crippen LogP contribution in [0.2, 0.25) is 0 Å². The topological polar surface area (TPSA) is 58.9 Å². The molecule has 0 spiro atoms. The van der Waals surface area contributed by atoms with Crippen LogP contribution in [0.1, 0.15) is 12.6 Å². The molecule has 0 atom stereocenters. The Labute approximate surface area is 121 Å². The standard InChI is InChI=1S/C12H10N2O.C3H5ClO/c1-8-7-15-12(14-8)10-2-3-11-9(6-10)4-5-13-11;1-3(5)2-4/h2-7,13H,1H3;2H2,1H3. The van der Waals surface area contributed by atoms with Crippen molar-refractivity contribution in [3.63, 3.8) is 0 Å². The van der Waals surface area contributed by atoms with Crippen LogP contribution in [-0.2, 0) is 4.79 Å². The third kappa shape index (κ3) is 3.48. The van der Waals surface area contributed by atoms with E-state index in [1.165, 1.54) is 12.3 Å². The molecule has 0 bridgehead atoms. The molecule has 0 aliphatic heterocycles. The number of aryl methyl sites for hydroxylation is 1. The summed E-state index contributed by atoms with van der Waals surface area (Å²) in [6, 6.07) is 8.14. The highest BCUT2D eigenvalue weighted by molar-refractivity contribution is 6.27. The number of aromatic nitrogens is 2. The van der Waals surface area contributed by atoms with Crippen LogP contribution in [0.5, 0.6) is 0 Å². The number of aromatic amines is 1. The second kappa shape index (κ2) is 6.39. The molecule has 0 unspecified atom stereocenters. The van der Waals surface area contributed by atoms with Crippen LogP contribution >= 0.6 is 11.6 Å². The van der Waals surface area contributed by atoms with Gasteiger partial charge in [0.25, 0.3) is 0 Å². The normalized spacial score (nSPS) is 10.2. The number of ketones is 1. The Morgan fingerprint density at radius 3 is 2.75 bits per heavy atom. The van der Waals surface area contributed by atoms with Crippen LogP contribution in [0.15, 0.2) is 41.1 Å². The minimum Gasteiger partial charge on any atom is -0.444 e. The lowest BCUT2D eigenvalue weighted by Crippen LogP contribution is -1.86. The zero-order chi connectivity index (χ0) is 14.5. The van der Waals surface area contributed by atoms with Gasteiger partial charge in [-0.1, -0.05) is 0 Å². The summed E-state index contributed by atoms with van der Waals surface area (Å²) in [5.41, 5.74) is 3.04. The minimum absolute atomic E-state index is 0.0201. The molecular formula is C15H15ClN2O2. The summed E-state index contributed by atoms with van der Waals surface area (Å²) in [5, 5.41) is 1.17. The van der Waals surface area contributed by atoms with Crippen molar-refractivity contribution in [2.45, 2.75) is 13.8 Å². The van der Waals surface area contributed by atoms with E-state index in [2.05, 4.69) is 16.0 Å². The van der Waals surface area contributed by atoms with Gasteiger partial charge >= 0.3 is 0 Å². The number of nitrogens with zero attached hydrogens (tertiary/aromatic N) is 1. The number of carbonyl (C=O) groups is 1. The molecule has 2 aromatic heterocycles. The molecule has 0 amide bonds. The van der Waals surface area contributed by atoms with Gasteiger partial charge in [-0.25, -0.2) is 4.98 Å². The number of alkyl halides is 1. The van der Waals surface area contributed by atoms with Crippen LogP contribution in [0.3, 0.4) is 0 Å². The van der Waals surface area contributed by atoms with Crippen LogP contribution in [0.25, 0.3) is 22.4 Å². The molecule has 3 rings (SSSR count). The van der Waals surface area contributed by atoms with Crippen LogP contribution < -0.4 is 0 Å². The number of nitrogens with one attached hydrogen (secondary N) is 1. The Morgan fingerprint density at radius 1 is 1.40 bits per heavy atom. The highest BCUT2D eigenvalue weighted by Gasteiger charge is 2.05. The number of hydrogen-bond donors (Lipinski definition) is 1. The van der Waals surface area contributed by atoms with Crippen LogP contribution in [0.4, 0.5) is 0 Å². The van der Waals surface area contributed by atoms with Gasteiger partial charge in [0, 0.05) is 22.7 Å². The molecule has 0 aliphatic rings. The van der Waals surface area contributed by atoms with Crippen molar-refractivity contribution in [1.82, 2.24) is 9.97 Å². The van der Waals surface area contributed by atoms with E-state index in [-0.39, 0.29) is 11.7 Å². The highest BCUT2D eigenvalue weighted by Crippen LogP contribution is 2.23. The zero-order valence-electron chi connectivity index (χ0n) is 11.3. The largest absolute Gasteiger partial charge is 0.444 e. The Bertz CT molecular complexity index is 715. The minimum atomic E-state index is 0.0201. The second-order valence-corrected chi connectivity index (χ2v) is 4.68. The van der Waals surface area contributed by atoms with E-state index in [4.69, 9.17) is 16.0 Å². The summed E-state index contributed by atoms with van der Waals surface area (Å²) in [6.45, 7) is 3.37. The summed E-state index contributed by atoms with van der Waals surface area (Å²) < 4.78 is 5.35. The number of oxazole rings is 1. The summed E-state index contributed by atoms with van der Waals surface area (Å²) in [7, 11) is 0. The Morgan fingerprint density at radius 2 is 2.15 bits per heavy atom. The van der Waals surface area contributed by atoms with Gasteiger partial charge in [0.05, 0.1) is 11.6 Å². The molecule has 3 aromatic rings. The van der Waals surface area contributed by atoms with Gasteiger partial charge in [-0.3, -0.25) is 4.79 Å². The lowest BCUT2D eigenvalue weighted by atomic mass is 10.1. The number of hydrogen-bond acceptors (Lipinski definition) is 3. The average molecular weight is 291 g/mol. The number of carbonyl (C=O) groups excluding carboxylic acids is 1. The third-order valence-electron chi connectivity index (χ3n) is 2.61. The summed E-state index contributed by atoms with van der Waals surface area (Å²) in [6.07, 6.45) is 3.59. The monoisotopic (exact) mass is 290 g/mol. The smallest absolute Gasteiger partial charge is 0.226 e. The third-order valence-corrected chi connectivity index (χ3v) is 2.98. The lowest BCUT2D eigenvalue weighted by Gasteiger charge is -1.95. The van der Waals surface area contributed by atoms with E-state index in [9.17, 15) is 4.79 Å². The van der Waals surface area contributed by atoms with Gasteiger partial charge in [0.2, 0.25) is 5.89 Å². The molecule has 1 aromatic carbocycles. The number of Topliss-reactive ketones (excluding diaryl/α,β-unsaturated/α-hetero) is 1. The van der Waals surface area contributed by atoms with E-state index in [1.54, 1.807) is 6.26 Å². The van der Waals surface area contributed by atoms with E-state index in [0.717, 1.165) is 16.8 Å². The van der Waals surface area contributed by atoms with Crippen LogP contribution in [-0.4, -0.2) is 21.6 Å². The van der Waals surface area contributed by atoms with Crippen molar-refractivity contribution in [2.75, 3.05) is 5.88 Å². The molecule has 104 valence electrons. The first-order valence-electron chi connectivity index (χ1n) is 6.15. The maximum atomic E-state index is 9.68. The van der Waals surface area contributed by atoms with E-state index < -0.39 is 0 Å². The quantitative estimate of drug-likeness (QED) is 0.727. The average Bonchev–Trinajstić information content (AvgIpc) is 3.06. The van der Waals surface area contributed by atoms with Crippen LogP contribution in [0, 0.1) is 6.92 Å². The lowest BCUT2D eigenvalue weighted by molar-refractivity contribution is -0.114. The first-order chi connectivity index (χ1) is 9.60. The number of benzene rings is 1. The van der Waals surface area contributed by atoms with Gasteiger partial charge in [-0.15, -0.1) is 11.6 Å². The summed E-state index contributed by atoms with van der Waals surface area (Å²) in [5.74, 6) is 0.835. The molecule has 20 heavy (non-hydrogen) atoms. The fourth-order valence-corrected chi connectivity index (χ4v) is 1.67. The Balaban J connectivity index is 0.000000257. The second-order valence-electron chi connectivity index (χ2n) is 4.41. The molecule has 0 saturated carbocycles. The molecule has 0 radical (unpaired) electrons. The molecule has 0 saturated heterocycles. The van der Waals surface area contributed by atoms with Gasteiger partial charge in [-0.05, 0) is 38.1 Å². The summed E-state index contributed by atoms with van der Waals surface area (Å²) in [4.78, 5) is 17.1. The number of rotatable bonds is 2.